The van der Waals surface area contributed by atoms with Crippen molar-refractivity contribution in [1.82, 2.24) is 20.3 Å². The number of sulfone groups is 1. The number of carbonyl (C=O) groups excluding carboxylic acids is 1. The average Bonchev–Trinajstić information content (AvgIpc) is 3.30. The minimum absolute atomic E-state index is 0.0183. The molecule has 1 unspecified atom stereocenters. The largest absolute Gasteiger partial charge is 0.487 e. The molecule has 1 aliphatic heterocycles. The van der Waals surface area contributed by atoms with E-state index in [0.29, 0.717) is 50.2 Å². The number of anilines is 2. The quantitative estimate of drug-likeness (QED) is 0.241. The normalized spacial score (nSPS) is 15.0. The van der Waals surface area contributed by atoms with Crippen LogP contribution in [-0.4, -0.2) is 54.3 Å². The molecule has 1 aliphatic rings. The van der Waals surface area contributed by atoms with E-state index < -0.39 is 15.9 Å². The summed E-state index contributed by atoms with van der Waals surface area (Å²) in [5.41, 5.74) is 2.23. The van der Waals surface area contributed by atoms with Gasteiger partial charge in [0, 0.05) is 30.0 Å². The van der Waals surface area contributed by atoms with Crippen LogP contribution >= 0.6 is 11.6 Å². The van der Waals surface area contributed by atoms with Gasteiger partial charge in [-0.15, -0.1) is 0 Å². The van der Waals surface area contributed by atoms with Crippen LogP contribution in [0.4, 0.5) is 15.9 Å². The van der Waals surface area contributed by atoms with Gasteiger partial charge in [0.1, 0.15) is 45.9 Å². The van der Waals surface area contributed by atoms with Crippen molar-refractivity contribution in [3.05, 3.63) is 95.0 Å². The standard InChI is InChI=1S/C28H25ClFN5O5S/c1-41(37,38)8-7-31-13-20-11-25(36)27(40-20)23-12-21-24(14-32-23)33-16-34-28(21)35-19-5-6-26(22(29)10-19)39-15-17-3-2-4-18(30)9-17/h2-6,9-12,14,16,27,31H,7-8,13,15H2,1H3,(H,33,34,35). The summed E-state index contributed by atoms with van der Waals surface area (Å²) in [5.74, 6) is 0.661. The van der Waals surface area contributed by atoms with Crippen LogP contribution in [0.1, 0.15) is 17.4 Å². The predicted octanol–water partition coefficient (Wildman–Crippen LogP) is 4.30. The van der Waals surface area contributed by atoms with Crippen LogP contribution in [-0.2, 0) is 26.0 Å². The van der Waals surface area contributed by atoms with Gasteiger partial charge in [-0.3, -0.25) is 9.78 Å². The van der Waals surface area contributed by atoms with Crippen LogP contribution < -0.4 is 15.4 Å². The third kappa shape index (κ3) is 7.34. The van der Waals surface area contributed by atoms with E-state index in [1.807, 2.05) is 0 Å². The highest BCUT2D eigenvalue weighted by Gasteiger charge is 2.30. The summed E-state index contributed by atoms with van der Waals surface area (Å²) in [6, 6.07) is 13.0. The first kappa shape index (κ1) is 28.4. The second-order valence-corrected chi connectivity index (χ2v) is 12.0. The molecular formula is C28H25ClFN5O5S. The molecule has 0 spiro atoms. The van der Waals surface area contributed by atoms with Crippen molar-refractivity contribution in [2.24, 2.45) is 0 Å². The summed E-state index contributed by atoms with van der Waals surface area (Å²) in [7, 11) is -3.09. The number of ketones is 1. The summed E-state index contributed by atoms with van der Waals surface area (Å²) in [4.78, 5) is 25.6. The Morgan fingerprint density at radius 2 is 1.98 bits per heavy atom. The monoisotopic (exact) mass is 597 g/mol. The molecule has 41 heavy (non-hydrogen) atoms. The van der Waals surface area contributed by atoms with Crippen LogP contribution in [0.5, 0.6) is 5.75 Å². The molecule has 3 heterocycles. The van der Waals surface area contributed by atoms with Crippen LogP contribution in [0, 0.1) is 5.82 Å². The Morgan fingerprint density at radius 3 is 2.76 bits per heavy atom. The zero-order valence-corrected chi connectivity index (χ0v) is 23.4. The molecule has 13 heteroatoms. The lowest BCUT2D eigenvalue weighted by Crippen LogP contribution is -2.24. The zero-order chi connectivity index (χ0) is 29.0. The SMILES string of the molecule is CS(=O)(=O)CCNCC1=CC(=O)C(c2cc3c(Nc4ccc(OCc5cccc(F)c5)c(Cl)c4)ncnc3cn2)O1. The molecule has 10 nitrogen and oxygen atoms in total. The number of nitrogens with zero attached hydrogens (tertiary/aromatic N) is 3. The van der Waals surface area contributed by atoms with Crippen LogP contribution in [0.15, 0.2) is 72.9 Å². The molecule has 0 amide bonds. The summed E-state index contributed by atoms with van der Waals surface area (Å²) in [6.45, 7) is 0.610. The number of nitrogens with one attached hydrogen (secondary N) is 2. The molecule has 0 saturated carbocycles. The molecule has 4 aromatic rings. The Bertz CT molecular complexity index is 1750. The molecular weight excluding hydrogens is 573 g/mol. The van der Waals surface area contributed by atoms with Crippen molar-refractivity contribution in [2.45, 2.75) is 12.7 Å². The molecule has 5 rings (SSSR count). The van der Waals surface area contributed by atoms with E-state index in [4.69, 9.17) is 21.1 Å². The van der Waals surface area contributed by atoms with Gasteiger partial charge >= 0.3 is 0 Å². The van der Waals surface area contributed by atoms with Gasteiger partial charge in [-0.1, -0.05) is 23.7 Å². The number of rotatable bonds is 11. The van der Waals surface area contributed by atoms with Gasteiger partial charge in [-0.25, -0.2) is 22.8 Å². The highest BCUT2D eigenvalue weighted by Crippen LogP contribution is 2.33. The Morgan fingerprint density at radius 1 is 1.12 bits per heavy atom. The number of hydrogen-bond acceptors (Lipinski definition) is 10. The van der Waals surface area contributed by atoms with Crippen molar-refractivity contribution in [2.75, 3.05) is 30.4 Å². The second kappa shape index (κ2) is 12.2. The second-order valence-electron chi connectivity index (χ2n) is 9.35. The Balaban J connectivity index is 1.27. The molecule has 2 aromatic carbocycles. The van der Waals surface area contributed by atoms with E-state index >= 15 is 0 Å². The van der Waals surface area contributed by atoms with Gasteiger partial charge in [0.2, 0.25) is 11.9 Å². The fraction of sp³-hybridized carbons (Fsp3) is 0.214. The molecule has 0 fully saturated rings. The summed E-state index contributed by atoms with van der Waals surface area (Å²) >= 11 is 6.44. The van der Waals surface area contributed by atoms with E-state index in [1.54, 1.807) is 36.4 Å². The topological polar surface area (TPSA) is 132 Å². The maximum absolute atomic E-state index is 13.4. The number of pyridine rings is 1. The van der Waals surface area contributed by atoms with E-state index in [2.05, 4.69) is 25.6 Å². The minimum Gasteiger partial charge on any atom is -0.487 e. The van der Waals surface area contributed by atoms with Gasteiger partial charge in [0.25, 0.3) is 0 Å². The number of carbonyl (C=O) groups is 1. The molecule has 0 radical (unpaired) electrons. The van der Waals surface area contributed by atoms with E-state index in [1.165, 1.54) is 30.7 Å². The van der Waals surface area contributed by atoms with Crippen LogP contribution in [0.3, 0.4) is 0 Å². The highest BCUT2D eigenvalue weighted by atomic mass is 35.5. The summed E-state index contributed by atoms with van der Waals surface area (Å²) in [5, 5.41) is 7.13. The van der Waals surface area contributed by atoms with Crippen molar-refractivity contribution < 1.29 is 27.1 Å². The Kier molecular flexibility index (Phi) is 8.43. The molecule has 2 N–H and O–H groups in total. The van der Waals surface area contributed by atoms with Gasteiger partial charge in [0.05, 0.1) is 34.7 Å². The molecule has 0 bridgehead atoms. The lowest BCUT2D eigenvalue weighted by Gasteiger charge is -2.14. The van der Waals surface area contributed by atoms with Gasteiger partial charge < -0.3 is 20.1 Å². The van der Waals surface area contributed by atoms with Crippen LogP contribution in [0.2, 0.25) is 5.02 Å². The number of aromatic nitrogens is 3. The van der Waals surface area contributed by atoms with Gasteiger partial charge in [0.15, 0.2) is 0 Å². The molecule has 2 aromatic heterocycles. The Labute approximate surface area is 240 Å². The van der Waals surface area contributed by atoms with Gasteiger partial charge in [-0.05, 0) is 42.0 Å². The van der Waals surface area contributed by atoms with Crippen molar-refractivity contribution in [1.29, 1.82) is 0 Å². The number of ether oxygens (including phenoxy) is 2. The fourth-order valence-corrected chi connectivity index (χ4v) is 4.83. The van der Waals surface area contributed by atoms with Crippen molar-refractivity contribution in [3.63, 3.8) is 0 Å². The fourth-order valence-electron chi connectivity index (χ4n) is 4.08. The first-order chi connectivity index (χ1) is 19.6. The smallest absolute Gasteiger partial charge is 0.205 e. The summed E-state index contributed by atoms with van der Waals surface area (Å²) in [6.07, 6.45) is 4.52. The predicted molar refractivity (Wildman–Crippen MR) is 152 cm³/mol. The van der Waals surface area contributed by atoms with E-state index in [0.717, 1.165) is 6.26 Å². The van der Waals surface area contributed by atoms with E-state index in [-0.39, 0.29) is 37.0 Å². The lowest BCUT2D eigenvalue weighted by atomic mass is 10.1. The first-order valence-electron chi connectivity index (χ1n) is 12.5. The first-order valence-corrected chi connectivity index (χ1v) is 14.9. The average molecular weight is 598 g/mol. The van der Waals surface area contributed by atoms with Crippen LogP contribution in [0.25, 0.3) is 10.9 Å². The maximum atomic E-state index is 13.4. The third-order valence-corrected chi connectivity index (χ3v) is 7.31. The number of fused-ring (bicyclic) bond motifs is 1. The van der Waals surface area contributed by atoms with Gasteiger partial charge in [-0.2, -0.15) is 0 Å². The molecule has 0 saturated heterocycles. The minimum atomic E-state index is -3.09. The zero-order valence-electron chi connectivity index (χ0n) is 21.8. The van der Waals surface area contributed by atoms with E-state index in [9.17, 15) is 17.6 Å². The molecule has 212 valence electrons. The lowest BCUT2D eigenvalue weighted by molar-refractivity contribution is -0.121. The molecule has 0 aliphatic carbocycles. The highest BCUT2D eigenvalue weighted by molar-refractivity contribution is 7.90. The molecule has 1 atom stereocenters. The maximum Gasteiger partial charge on any atom is 0.205 e. The third-order valence-electron chi connectivity index (χ3n) is 6.07. The number of benzene rings is 2. The Hall–Kier alpha value is -4.13. The summed E-state index contributed by atoms with van der Waals surface area (Å²) < 4.78 is 47.6. The van der Waals surface area contributed by atoms with Crippen molar-refractivity contribution >= 4 is 49.6 Å². The number of halogens is 2. The van der Waals surface area contributed by atoms with Crippen molar-refractivity contribution in [3.8, 4) is 5.75 Å². The number of hydrogen-bond donors (Lipinski definition) is 2.